The van der Waals surface area contributed by atoms with Gasteiger partial charge in [0.1, 0.15) is 0 Å². The Bertz CT molecular complexity index is 108. The van der Waals surface area contributed by atoms with Crippen molar-refractivity contribution in [3.8, 4) is 0 Å². The summed E-state index contributed by atoms with van der Waals surface area (Å²) in [5.74, 6) is 0. The molecule has 1 heterocycles. The summed E-state index contributed by atoms with van der Waals surface area (Å²) in [5, 5.41) is 0. The van der Waals surface area contributed by atoms with E-state index in [0.717, 1.165) is 19.3 Å². The number of hydrogen-bond donors (Lipinski definition) is 0. The fourth-order valence-electron chi connectivity index (χ4n) is 1.94. The van der Waals surface area contributed by atoms with Gasteiger partial charge in [0.25, 0.3) is 0 Å². The zero-order valence-electron chi connectivity index (χ0n) is 8.38. The number of nitrogens with zero attached hydrogens (tertiary/aromatic N) is 1. The lowest BCUT2D eigenvalue weighted by atomic mass is 10.1. The molecular weight excluding hydrogens is 150 g/mol. The molecule has 0 unspecified atom stereocenters. The van der Waals surface area contributed by atoms with E-state index in [1.54, 1.807) is 0 Å². The average Bonchev–Trinajstić information content (AvgIpc) is 2.15. The monoisotopic (exact) mass is 171 g/mol. The van der Waals surface area contributed by atoms with Crippen LogP contribution in [0.1, 0.15) is 33.1 Å². The Morgan fingerprint density at radius 2 is 1.92 bits per heavy atom. The van der Waals surface area contributed by atoms with Crippen LogP contribution in [0.3, 0.4) is 0 Å². The van der Waals surface area contributed by atoms with Crippen LogP contribution < -0.4 is 0 Å². The first kappa shape index (κ1) is 10.0. The quantitative estimate of drug-likeness (QED) is 0.640. The maximum Gasteiger partial charge on any atom is 0.0480 e. The van der Waals surface area contributed by atoms with E-state index in [4.69, 9.17) is 4.74 Å². The summed E-state index contributed by atoms with van der Waals surface area (Å²) in [7, 11) is 0. The highest BCUT2D eigenvalue weighted by Crippen LogP contribution is 2.14. The van der Waals surface area contributed by atoms with E-state index < -0.39 is 0 Å². The van der Waals surface area contributed by atoms with E-state index in [9.17, 15) is 0 Å². The predicted molar refractivity (Wildman–Crippen MR) is 51.4 cm³/mol. The van der Waals surface area contributed by atoms with Gasteiger partial charge in [0.2, 0.25) is 0 Å². The molecule has 1 saturated heterocycles. The molecule has 0 aliphatic carbocycles. The van der Waals surface area contributed by atoms with E-state index in [1.807, 2.05) is 0 Å². The third-order valence-corrected chi connectivity index (χ3v) is 2.62. The summed E-state index contributed by atoms with van der Waals surface area (Å²) < 4.78 is 5.35. The topological polar surface area (TPSA) is 12.5 Å². The van der Waals surface area contributed by atoms with E-state index in [2.05, 4.69) is 18.7 Å². The molecule has 0 N–H and O–H groups in total. The molecular formula is C10H21NO. The Hall–Kier alpha value is -0.0800. The Labute approximate surface area is 75.9 Å². The van der Waals surface area contributed by atoms with Crippen LogP contribution >= 0.6 is 0 Å². The number of hydrogen-bond acceptors (Lipinski definition) is 2. The Morgan fingerprint density at radius 1 is 1.25 bits per heavy atom. The second-order valence-electron chi connectivity index (χ2n) is 3.47. The molecule has 72 valence electrons. The van der Waals surface area contributed by atoms with Crippen molar-refractivity contribution in [3.63, 3.8) is 0 Å². The van der Waals surface area contributed by atoms with Crippen LogP contribution in [-0.4, -0.2) is 37.2 Å². The fraction of sp³-hybridized carbons (Fsp3) is 1.00. The van der Waals surface area contributed by atoms with Gasteiger partial charge in [-0.05, 0) is 32.4 Å². The molecule has 0 spiro atoms. The molecule has 0 saturated carbocycles. The first-order valence-electron chi connectivity index (χ1n) is 5.20. The minimum absolute atomic E-state index is 0.795. The van der Waals surface area contributed by atoms with Gasteiger partial charge >= 0.3 is 0 Å². The average molecular weight is 171 g/mol. The maximum atomic E-state index is 5.35. The molecule has 0 amide bonds. The molecule has 2 nitrogen and oxygen atoms in total. The summed E-state index contributed by atoms with van der Waals surface area (Å²) in [4.78, 5) is 2.59. The standard InChI is InChI=1S/C10H21NO/c1-3-7-11(4-2)10-5-8-12-9-6-10/h10H,3-9H2,1-2H3. The number of ether oxygens (including phenoxy) is 1. The molecule has 1 fully saturated rings. The third kappa shape index (κ3) is 2.76. The lowest BCUT2D eigenvalue weighted by Crippen LogP contribution is -2.39. The summed E-state index contributed by atoms with van der Waals surface area (Å²) in [5.41, 5.74) is 0. The van der Waals surface area contributed by atoms with Crippen LogP contribution in [0.15, 0.2) is 0 Å². The lowest BCUT2D eigenvalue weighted by molar-refractivity contribution is 0.0359. The van der Waals surface area contributed by atoms with Gasteiger partial charge in [0.05, 0.1) is 0 Å². The van der Waals surface area contributed by atoms with Crippen molar-refractivity contribution in [1.82, 2.24) is 4.90 Å². The molecule has 12 heavy (non-hydrogen) atoms. The van der Waals surface area contributed by atoms with Crippen LogP contribution in [0.4, 0.5) is 0 Å². The van der Waals surface area contributed by atoms with Crippen molar-refractivity contribution in [3.05, 3.63) is 0 Å². The van der Waals surface area contributed by atoms with Crippen molar-refractivity contribution < 1.29 is 4.74 Å². The van der Waals surface area contributed by atoms with Crippen molar-refractivity contribution in [2.75, 3.05) is 26.3 Å². The molecule has 2 heteroatoms. The predicted octanol–water partition coefficient (Wildman–Crippen LogP) is 1.90. The minimum atomic E-state index is 0.795. The minimum Gasteiger partial charge on any atom is -0.381 e. The highest BCUT2D eigenvalue weighted by molar-refractivity contribution is 4.73. The van der Waals surface area contributed by atoms with Gasteiger partial charge < -0.3 is 9.64 Å². The molecule has 0 radical (unpaired) electrons. The van der Waals surface area contributed by atoms with E-state index in [0.29, 0.717) is 0 Å². The third-order valence-electron chi connectivity index (χ3n) is 2.62. The van der Waals surface area contributed by atoms with Gasteiger partial charge in [-0.25, -0.2) is 0 Å². The second-order valence-corrected chi connectivity index (χ2v) is 3.47. The molecule has 0 aromatic carbocycles. The zero-order chi connectivity index (χ0) is 8.81. The summed E-state index contributed by atoms with van der Waals surface area (Å²) in [6.45, 7) is 8.88. The van der Waals surface area contributed by atoms with Gasteiger partial charge in [-0.3, -0.25) is 0 Å². The molecule has 0 bridgehead atoms. The summed E-state index contributed by atoms with van der Waals surface area (Å²) in [6, 6.07) is 0.795. The lowest BCUT2D eigenvalue weighted by Gasteiger charge is -2.33. The van der Waals surface area contributed by atoms with Crippen molar-refractivity contribution in [2.45, 2.75) is 39.2 Å². The molecule has 1 rings (SSSR count). The van der Waals surface area contributed by atoms with Crippen molar-refractivity contribution >= 4 is 0 Å². The molecule has 1 aliphatic heterocycles. The van der Waals surface area contributed by atoms with Crippen LogP contribution in [-0.2, 0) is 4.74 Å². The van der Waals surface area contributed by atoms with Gasteiger partial charge in [0.15, 0.2) is 0 Å². The van der Waals surface area contributed by atoms with Crippen molar-refractivity contribution in [2.24, 2.45) is 0 Å². The Morgan fingerprint density at radius 3 is 2.42 bits per heavy atom. The van der Waals surface area contributed by atoms with Crippen LogP contribution in [0.2, 0.25) is 0 Å². The first-order chi connectivity index (χ1) is 5.88. The van der Waals surface area contributed by atoms with Gasteiger partial charge in [-0.1, -0.05) is 13.8 Å². The fourth-order valence-corrected chi connectivity index (χ4v) is 1.94. The SMILES string of the molecule is CCCN(CC)C1CCOCC1. The van der Waals surface area contributed by atoms with Gasteiger partial charge in [-0.2, -0.15) is 0 Å². The number of rotatable bonds is 4. The van der Waals surface area contributed by atoms with Crippen LogP contribution in [0.5, 0.6) is 0 Å². The largest absolute Gasteiger partial charge is 0.381 e. The van der Waals surface area contributed by atoms with Crippen LogP contribution in [0, 0.1) is 0 Å². The van der Waals surface area contributed by atoms with E-state index in [-0.39, 0.29) is 0 Å². The van der Waals surface area contributed by atoms with Gasteiger partial charge in [-0.15, -0.1) is 0 Å². The highest BCUT2D eigenvalue weighted by atomic mass is 16.5. The second kappa shape index (κ2) is 5.55. The molecule has 0 aromatic heterocycles. The smallest absolute Gasteiger partial charge is 0.0480 e. The Kier molecular flexibility index (Phi) is 4.62. The Balaban J connectivity index is 2.29. The highest BCUT2D eigenvalue weighted by Gasteiger charge is 2.18. The van der Waals surface area contributed by atoms with E-state index in [1.165, 1.54) is 32.4 Å². The maximum absolute atomic E-state index is 5.35. The summed E-state index contributed by atoms with van der Waals surface area (Å²) in [6.07, 6.45) is 3.73. The molecule has 0 aromatic rings. The van der Waals surface area contributed by atoms with E-state index >= 15 is 0 Å². The normalized spacial score (nSPS) is 20.2. The molecule has 0 atom stereocenters. The first-order valence-corrected chi connectivity index (χ1v) is 5.20. The van der Waals surface area contributed by atoms with Crippen molar-refractivity contribution in [1.29, 1.82) is 0 Å². The van der Waals surface area contributed by atoms with Crippen LogP contribution in [0.25, 0.3) is 0 Å². The van der Waals surface area contributed by atoms with Gasteiger partial charge in [0, 0.05) is 19.3 Å². The molecule has 1 aliphatic rings. The summed E-state index contributed by atoms with van der Waals surface area (Å²) >= 11 is 0. The zero-order valence-corrected chi connectivity index (χ0v) is 8.38.